The second-order valence-electron chi connectivity index (χ2n) is 2.56. The van der Waals surface area contributed by atoms with Crippen molar-refractivity contribution in [2.75, 3.05) is 6.61 Å². The van der Waals surface area contributed by atoms with Gasteiger partial charge in [-0.3, -0.25) is 9.78 Å². The summed E-state index contributed by atoms with van der Waals surface area (Å²) in [5.41, 5.74) is 1.37. The molecule has 0 aliphatic rings. The predicted octanol–water partition coefficient (Wildman–Crippen LogP) is 0.133. The number of rotatable bonds is 2. The molecule has 0 aliphatic heterocycles. The van der Waals surface area contributed by atoms with Crippen molar-refractivity contribution in [1.82, 2.24) is 15.0 Å². The number of carbonyl (C=O) groups excluding carboxylic acids is 1. The molecule has 2 aromatic rings. The van der Waals surface area contributed by atoms with Crippen LogP contribution in [-0.2, 0) is 0 Å². The number of aromatic amines is 1. The summed E-state index contributed by atoms with van der Waals surface area (Å²) in [5.74, 6) is -0.248. The Morgan fingerprint density at radius 3 is 3.15 bits per heavy atom. The monoisotopic (exact) mass is 177 g/mol. The van der Waals surface area contributed by atoms with E-state index in [1.165, 1.54) is 0 Å². The lowest BCUT2D eigenvalue weighted by molar-refractivity contribution is 0.0894. The molecule has 2 aromatic heterocycles. The second-order valence-corrected chi connectivity index (χ2v) is 2.56. The van der Waals surface area contributed by atoms with E-state index in [1.54, 1.807) is 18.5 Å². The lowest BCUT2D eigenvalue weighted by atomic mass is 10.4. The van der Waals surface area contributed by atoms with Crippen LogP contribution in [0.2, 0.25) is 0 Å². The first-order valence-electron chi connectivity index (χ1n) is 3.75. The van der Waals surface area contributed by atoms with E-state index in [2.05, 4.69) is 15.0 Å². The largest absolute Gasteiger partial charge is 0.388 e. The Labute approximate surface area is 73.4 Å². The Kier molecular flexibility index (Phi) is 1.79. The number of imidazole rings is 1. The molecule has 0 saturated carbocycles. The van der Waals surface area contributed by atoms with E-state index in [4.69, 9.17) is 5.11 Å². The smallest absolute Gasteiger partial charge is 0.223 e. The highest BCUT2D eigenvalue weighted by Gasteiger charge is 2.09. The number of hydrogen-bond donors (Lipinski definition) is 2. The molecule has 66 valence electrons. The lowest BCUT2D eigenvalue weighted by Gasteiger charge is -1.86. The van der Waals surface area contributed by atoms with Crippen molar-refractivity contribution >= 4 is 16.8 Å². The Morgan fingerprint density at radius 1 is 1.62 bits per heavy atom. The zero-order valence-electron chi connectivity index (χ0n) is 6.69. The lowest BCUT2D eigenvalue weighted by Crippen LogP contribution is -2.05. The maximum atomic E-state index is 11.0. The van der Waals surface area contributed by atoms with Crippen LogP contribution in [0.1, 0.15) is 10.6 Å². The summed E-state index contributed by atoms with van der Waals surface area (Å²) in [6, 6.07) is 1.72. The number of aliphatic hydroxyl groups excluding tert-OH is 1. The van der Waals surface area contributed by atoms with E-state index in [9.17, 15) is 4.79 Å². The van der Waals surface area contributed by atoms with Crippen LogP contribution in [0.3, 0.4) is 0 Å². The zero-order chi connectivity index (χ0) is 9.26. The van der Waals surface area contributed by atoms with Crippen LogP contribution in [0.25, 0.3) is 11.0 Å². The number of Topliss-reactive ketones (excluding diaryl/α,β-unsaturated/α-hetero) is 1. The average molecular weight is 177 g/mol. The van der Waals surface area contributed by atoms with Gasteiger partial charge in [0.2, 0.25) is 5.78 Å². The average Bonchev–Trinajstić information content (AvgIpc) is 2.59. The zero-order valence-corrected chi connectivity index (χ0v) is 6.69. The first kappa shape index (κ1) is 7.88. The number of aromatic nitrogens is 3. The van der Waals surface area contributed by atoms with E-state index in [1.807, 2.05) is 0 Å². The SMILES string of the molecule is O=C(CO)c1nc2cnccc2[nH]1. The molecule has 5 nitrogen and oxygen atoms in total. The minimum absolute atomic E-state index is 0.172. The predicted molar refractivity (Wildman–Crippen MR) is 45.3 cm³/mol. The summed E-state index contributed by atoms with van der Waals surface area (Å²) in [6.07, 6.45) is 3.16. The number of aliphatic hydroxyl groups is 1. The van der Waals surface area contributed by atoms with Gasteiger partial charge in [-0.1, -0.05) is 0 Å². The van der Waals surface area contributed by atoms with Crippen molar-refractivity contribution in [1.29, 1.82) is 0 Å². The van der Waals surface area contributed by atoms with Gasteiger partial charge >= 0.3 is 0 Å². The summed E-state index contributed by atoms with van der Waals surface area (Å²) < 4.78 is 0. The molecule has 0 aliphatic carbocycles. The topological polar surface area (TPSA) is 78.9 Å². The molecule has 2 rings (SSSR count). The summed E-state index contributed by atoms with van der Waals surface area (Å²) in [6.45, 7) is -0.534. The number of carbonyl (C=O) groups is 1. The van der Waals surface area contributed by atoms with E-state index in [0.29, 0.717) is 5.52 Å². The molecule has 0 saturated heterocycles. The molecule has 0 aromatic carbocycles. The molecule has 2 heterocycles. The Bertz CT molecular complexity index is 416. The second kappa shape index (κ2) is 2.95. The molecular formula is C8H7N3O2. The summed E-state index contributed by atoms with van der Waals surface area (Å²) in [5, 5.41) is 8.59. The molecular weight excluding hydrogens is 170 g/mol. The van der Waals surface area contributed by atoms with Crippen LogP contribution >= 0.6 is 0 Å². The van der Waals surface area contributed by atoms with Gasteiger partial charge in [0.25, 0.3) is 0 Å². The molecule has 0 bridgehead atoms. The highest BCUT2D eigenvalue weighted by atomic mass is 16.3. The quantitative estimate of drug-likeness (QED) is 0.639. The first-order chi connectivity index (χ1) is 6.31. The van der Waals surface area contributed by atoms with Crippen molar-refractivity contribution in [3.05, 3.63) is 24.3 Å². The number of hydrogen-bond acceptors (Lipinski definition) is 4. The van der Waals surface area contributed by atoms with Gasteiger partial charge in [0, 0.05) is 6.20 Å². The first-order valence-corrected chi connectivity index (χ1v) is 3.75. The van der Waals surface area contributed by atoms with Gasteiger partial charge in [0.1, 0.15) is 12.1 Å². The van der Waals surface area contributed by atoms with Gasteiger partial charge in [-0.25, -0.2) is 4.98 Å². The minimum Gasteiger partial charge on any atom is -0.388 e. The van der Waals surface area contributed by atoms with Gasteiger partial charge in [0.05, 0.1) is 11.7 Å². The number of fused-ring (bicyclic) bond motifs is 1. The Morgan fingerprint density at radius 2 is 2.46 bits per heavy atom. The molecule has 0 atom stereocenters. The molecule has 5 heteroatoms. The molecule has 0 radical (unpaired) electrons. The summed E-state index contributed by atoms with van der Waals surface area (Å²) in [4.78, 5) is 21.6. The summed E-state index contributed by atoms with van der Waals surface area (Å²) in [7, 11) is 0. The van der Waals surface area contributed by atoms with Crippen molar-refractivity contribution in [2.45, 2.75) is 0 Å². The van der Waals surface area contributed by atoms with Gasteiger partial charge < -0.3 is 10.1 Å². The Balaban J connectivity index is 2.56. The molecule has 2 N–H and O–H groups in total. The number of nitrogens with one attached hydrogen (secondary N) is 1. The third kappa shape index (κ3) is 1.29. The number of H-pyrrole nitrogens is 1. The van der Waals surface area contributed by atoms with E-state index >= 15 is 0 Å². The van der Waals surface area contributed by atoms with E-state index in [-0.39, 0.29) is 5.82 Å². The number of nitrogens with zero attached hydrogens (tertiary/aromatic N) is 2. The van der Waals surface area contributed by atoms with Gasteiger partial charge in [-0.2, -0.15) is 0 Å². The Hall–Kier alpha value is -1.75. The van der Waals surface area contributed by atoms with Crippen molar-refractivity contribution in [3.8, 4) is 0 Å². The maximum Gasteiger partial charge on any atom is 0.223 e. The van der Waals surface area contributed by atoms with Crippen molar-refractivity contribution in [2.24, 2.45) is 0 Å². The van der Waals surface area contributed by atoms with Crippen LogP contribution in [0.5, 0.6) is 0 Å². The van der Waals surface area contributed by atoms with Crippen molar-refractivity contribution in [3.63, 3.8) is 0 Å². The highest BCUT2D eigenvalue weighted by molar-refractivity contribution is 5.96. The number of pyridine rings is 1. The van der Waals surface area contributed by atoms with Gasteiger partial charge in [-0.15, -0.1) is 0 Å². The molecule has 0 unspecified atom stereocenters. The number of ketones is 1. The van der Waals surface area contributed by atoms with Gasteiger partial charge in [-0.05, 0) is 6.07 Å². The van der Waals surface area contributed by atoms with Crippen LogP contribution < -0.4 is 0 Å². The van der Waals surface area contributed by atoms with Crippen LogP contribution in [-0.4, -0.2) is 32.4 Å². The van der Waals surface area contributed by atoms with Crippen molar-refractivity contribution < 1.29 is 9.90 Å². The minimum atomic E-state index is -0.534. The van der Waals surface area contributed by atoms with Crippen LogP contribution in [0.15, 0.2) is 18.5 Å². The molecule has 13 heavy (non-hydrogen) atoms. The molecule has 0 amide bonds. The molecule has 0 spiro atoms. The van der Waals surface area contributed by atoms with E-state index in [0.717, 1.165) is 5.52 Å². The fraction of sp³-hybridized carbons (Fsp3) is 0.125. The highest BCUT2D eigenvalue weighted by Crippen LogP contribution is 2.08. The van der Waals surface area contributed by atoms with E-state index < -0.39 is 12.4 Å². The molecule has 0 fully saturated rings. The standard InChI is InChI=1S/C8H7N3O2/c12-4-7(13)8-10-5-1-2-9-3-6(5)11-8/h1-3,12H,4H2,(H,10,11). The maximum absolute atomic E-state index is 11.0. The fourth-order valence-electron chi connectivity index (χ4n) is 1.06. The fourth-order valence-corrected chi connectivity index (χ4v) is 1.06. The normalized spacial score (nSPS) is 10.5. The van der Waals surface area contributed by atoms with Gasteiger partial charge in [0.15, 0.2) is 5.82 Å². The third-order valence-corrected chi connectivity index (χ3v) is 1.69. The van der Waals surface area contributed by atoms with Crippen LogP contribution in [0, 0.1) is 0 Å². The third-order valence-electron chi connectivity index (χ3n) is 1.69. The van der Waals surface area contributed by atoms with Crippen LogP contribution in [0.4, 0.5) is 0 Å². The summed E-state index contributed by atoms with van der Waals surface area (Å²) >= 11 is 0.